The average Bonchev–Trinajstić information content (AvgIpc) is 3.03. The van der Waals surface area contributed by atoms with Crippen LogP contribution in [0.4, 0.5) is 0 Å². The summed E-state index contributed by atoms with van der Waals surface area (Å²) in [5.41, 5.74) is 3.25. The van der Waals surface area contributed by atoms with E-state index in [0.717, 1.165) is 28.8 Å². The lowest BCUT2D eigenvalue weighted by Crippen LogP contribution is -2.38. The van der Waals surface area contributed by atoms with Gasteiger partial charge in [-0.1, -0.05) is 24.3 Å². The number of carbonyl (C=O) groups is 1. The van der Waals surface area contributed by atoms with E-state index in [4.69, 9.17) is 4.74 Å². The number of ether oxygens (including phenoxy) is 1. The second-order valence-corrected chi connectivity index (χ2v) is 5.88. The number of imidazole rings is 1. The van der Waals surface area contributed by atoms with Crippen LogP contribution in [0.3, 0.4) is 0 Å². The Morgan fingerprint density at radius 3 is 2.96 bits per heavy atom. The molecule has 1 aromatic carbocycles. The topological polar surface area (TPSA) is 60.2 Å². The van der Waals surface area contributed by atoms with Crippen LogP contribution in [0, 0.1) is 0 Å². The smallest absolute Gasteiger partial charge is 0.272 e. The molecule has 0 saturated carbocycles. The quantitative estimate of drug-likeness (QED) is 0.742. The van der Waals surface area contributed by atoms with Crippen molar-refractivity contribution in [1.82, 2.24) is 19.4 Å². The molecule has 1 aliphatic rings. The Balaban J connectivity index is 1.61. The fraction of sp³-hybridized carbons (Fsp3) is 0.278. The maximum absolute atomic E-state index is 12.8. The number of methoxy groups -OCH3 is 1. The highest BCUT2D eigenvalue weighted by Gasteiger charge is 2.25. The summed E-state index contributed by atoms with van der Waals surface area (Å²) in [5, 5.41) is 1.04. The summed E-state index contributed by atoms with van der Waals surface area (Å²) in [6.45, 7) is 2.39. The van der Waals surface area contributed by atoms with Crippen molar-refractivity contribution in [2.75, 3.05) is 13.7 Å². The first kappa shape index (κ1) is 14.8. The van der Waals surface area contributed by atoms with E-state index in [-0.39, 0.29) is 5.91 Å². The largest absolute Gasteiger partial charge is 0.378 e. The number of pyridine rings is 1. The molecular weight excluding hydrogens is 304 g/mol. The molecule has 0 N–H and O–H groups in total. The van der Waals surface area contributed by atoms with Crippen molar-refractivity contribution >= 4 is 16.8 Å². The molecule has 0 atom stereocenters. The van der Waals surface area contributed by atoms with Crippen LogP contribution in [0.2, 0.25) is 0 Å². The lowest BCUT2D eigenvalue weighted by atomic mass is 10.2. The Kier molecular flexibility index (Phi) is 3.74. The zero-order valence-electron chi connectivity index (χ0n) is 13.5. The van der Waals surface area contributed by atoms with E-state index < -0.39 is 0 Å². The molecule has 0 radical (unpaired) electrons. The number of rotatable bonds is 3. The molecule has 0 unspecified atom stereocenters. The third-order valence-corrected chi connectivity index (χ3v) is 4.37. The first-order valence-electron chi connectivity index (χ1n) is 7.93. The Morgan fingerprint density at radius 1 is 1.21 bits per heavy atom. The minimum absolute atomic E-state index is 0.0448. The van der Waals surface area contributed by atoms with Crippen molar-refractivity contribution in [3.63, 3.8) is 0 Å². The predicted molar refractivity (Wildman–Crippen MR) is 89.4 cm³/mol. The van der Waals surface area contributed by atoms with Crippen molar-refractivity contribution in [2.45, 2.75) is 19.7 Å². The van der Waals surface area contributed by atoms with Gasteiger partial charge in [0.2, 0.25) is 0 Å². The van der Waals surface area contributed by atoms with Crippen LogP contribution in [0.15, 0.2) is 42.7 Å². The lowest BCUT2D eigenvalue weighted by molar-refractivity contribution is 0.0702. The van der Waals surface area contributed by atoms with Gasteiger partial charge in [-0.25, -0.2) is 9.97 Å². The number of hydrogen-bond donors (Lipinski definition) is 0. The van der Waals surface area contributed by atoms with Crippen LogP contribution in [0.5, 0.6) is 0 Å². The number of amides is 1. The van der Waals surface area contributed by atoms with Gasteiger partial charge in [-0.2, -0.15) is 0 Å². The van der Waals surface area contributed by atoms with Gasteiger partial charge in [0.15, 0.2) is 0 Å². The van der Waals surface area contributed by atoms with Gasteiger partial charge in [0, 0.05) is 25.6 Å². The molecule has 6 nitrogen and oxygen atoms in total. The Hall–Kier alpha value is -2.73. The maximum atomic E-state index is 12.8. The third-order valence-electron chi connectivity index (χ3n) is 4.37. The molecule has 24 heavy (non-hydrogen) atoms. The second kappa shape index (κ2) is 6.05. The zero-order chi connectivity index (χ0) is 16.5. The molecule has 0 aliphatic carbocycles. The Morgan fingerprint density at radius 2 is 2.08 bits per heavy atom. The minimum Gasteiger partial charge on any atom is -0.378 e. The van der Waals surface area contributed by atoms with Crippen LogP contribution in [0.1, 0.15) is 21.9 Å². The van der Waals surface area contributed by atoms with Crippen LogP contribution < -0.4 is 0 Å². The van der Waals surface area contributed by atoms with Gasteiger partial charge in [0.25, 0.3) is 5.91 Å². The predicted octanol–water partition coefficient (Wildman–Crippen LogP) is 2.23. The summed E-state index contributed by atoms with van der Waals surface area (Å²) >= 11 is 0. The van der Waals surface area contributed by atoms with Crippen LogP contribution in [0.25, 0.3) is 10.9 Å². The third kappa shape index (κ3) is 2.55. The van der Waals surface area contributed by atoms with Gasteiger partial charge in [0.1, 0.15) is 5.69 Å². The molecule has 3 aromatic rings. The summed E-state index contributed by atoms with van der Waals surface area (Å²) in [4.78, 5) is 23.6. The average molecular weight is 322 g/mol. The monoisotopic (exact) mass is 322 g/mol. The standard InChI is InChI=1S/C18H18N4O2/c1-24-11-16-17-10-21(8-9-22(17)12-19-16)18(23)15-7-6-13-4-2-3-5-14(13)20-15/h2-7,12H,8-11H2,1H3. The summed E-state index contributed by atoms with van der Waals surface area (Å²) in [6.07, 6.45) is 1.82. The van der Waals surface area contributed by atoms with E-state index >= 15 is 0 Å². The van der Waals surface area contributed by atoms with Crippen molar-refractivity contribution < 1.29 is 9.53 Å². The summed E-state index contributed by atoms with van der Waals surface area (Å²) in [5.74, 6) is -0.0448. The molecule has 2 aromatic heterocycles. The molecule has 0 fully saturated rings. The molecule has 0 spiro atoms. The SMILES string of the molecule is COCc1ncn2c1CN(C(=O)c1ccc3ccccc3n1)CC2. The fourth-order valence-corrected chi connectivity index (χ4v) is 3.09. The molecule has 1 aliphatic heterocycles. The van der Waals surface area contributed by atoms with E-state index in [1.165, 1.54) is 0 Å². The highest BCUT2D eigenvalue weighted by Crippen LogP contribution is 2.19. The molecule has 122 valence electrons. The van der Waals surface area contributed by atoms with Crippen LogP contribution in [-0.4, -0.2) is 39.0 Å². The van der Waals surface area contributed by atoms with Gasteiger partial charge in [-0.05, 0) is 12.1 Å². The zero-order valence-corrected chi connectivity index (χ0v) is 13.5. The molecule has 6 heteroatoms. The number of carbonyl (C=O) groups excluding carboxylic acids is 1. The van der Waals surface area contributed by atoms with E-state index in [0.29, 0.717) is 25.4 Å². The van der Waals surface area contributed by atoms with Gasteiger partial charge in [-0.3, -0.25) is 4.79 Å². The fourth-order valence-electron chi connectivity index (χ4n) is 3.09. The normalized spacial score (nSPS) is 14.0. The summed E-state index contributed by atoms with van der Waals surface area (Å²) < 4.78 is 7.28. The van der Waals surface area contributed by atoms with E-state index in [1.54, 1.807) is 13.2 Å². The number of fused-ring (bicyclic) bond motifs is 2. The van der Waals surface area contributed by atoms with Crippen molar-refractivity contribution in [3.05, 3.63) is 59.8 Å². The number of hydrogen-bond acceptors (Lipinski definition) is 4. The Labute approximate surface area is 139 Å². The van der Waals surface area contributed by atoms with Gasteiger partial charge in [-0.15, -0.1) is 0 Å². The highest BCUT2D eigenvalue weighted by atomic mass is 16.5. The number of aromatic nitrogens is 3. The van der Waals surface area contributed by atoms with Gasteiger partial charge < -0.3 is 14.2 Å². The first-order chi connectivity index (χ1) is 11.8. The number of para-hydroxylation sites is 1. The lowest BCUT2D eigenvalue weighted by Gasteiger charge is -2.28. The Bertz CT molecular complexity index is 903. The summed E-state index contributed by atoms with van der Waals surface area (Å²) in [7, 11) is 1.65. The van der Waals surface area contributed by atoms with Crippen molar-refractivity contribution in [2.24, 2.45) is 0 Å². The highest BCUT2D eigenvalue weighted by molar-refractivity contribution is 5.94. The maximum Gasteiger partial charge on any atom is 0.272 e. The van der Waals surface area contributed by atoms with E-state index in [2.05, 4.69) is 14.5 Å². The van der Waals surface area contributed by atoms with Crippen LogP contribution >= 0.6 is 0 Å². The molecule has 3 heterocycles. The molecule has 0 bridgehead atoms. The molecule has 4 rings (SSSR count). The molecule has 0 saturated heterocycles. The van der Waals surface area contributed by atoms with Gasteiger partial charge in [0.05, 0.1) is 36.4 Å². The minimum atomic E-state index is -0.0448. The van der Waals surface area contributed by atoms with Crippen molar-refractivity contribution in [3.8, 4) is 0 Å². The number of nitrogens with zero attached hydrogens (tertiary/aromatic N) is 4. The van der Waals surface area contributed by atoms with E-state index in [9.17, 15) is 4.79 Å². The van der Waals surface area contributed by atoms with Crippen LogP contribution in [-0.2, 0) is 24.4 Å². The van der Waals surface area contributed by atoms with E-state index in [1.807, 2.05) is 41.6 Å². The molecule has 1 amide bonds. The second-order valence-electron chi connectivity index (χ2n) is 5.88. The van der Waals surface area contributed by atoms with Gasteiger partial charge >= 0.3 is 0 Å². The first-order valence-corrected chi connectivity index (χ1v) is 7.93. The van der Waals surface area contributed by atoms with Crippen molar-refractivity contribution in [1.29, 1.82) is 0 Å². The summed E-state index contributed by atoms with van der Waals surface area (Å²) in [6, 6.07) is 11.6. The number of benzene rings is 1. The molecular formula is C18H18N4O2.